The van der Waals surface area contributed by atoms with Crippen molar-refractivity contribution in [2.75, 3.05) is 14.1 Å². The molecule has 1 aliphatic rings. The Labute approximate surface area is 62.9 Å². The fourth-order valence-electron chi connectivity index (χ4n) is 1.28. The normalized spacial score (nSPS) is 20.6. The van der Waals surface area contributed by atoms with Crippen LogP contribution in [0.2, 0.25) is 0 Å². The summed E-state index contributed by atoms with van der Waals surface area (Å²) in [5.74, 6) is 0. The number of nitrogens with zero attached hydrogens (tertiary/aromatic N) is 2. The minimum atomic E-state index is 0.627. The van der Waals surface area contributed by atoms with Crippen LogP contribution in [-0.4, -0.2) is 31.4 Å². The van der Waals surface area contributed by atoms with Gasteiger partial charge in [-0.1, -0.05) is 12.8 Å². The van der Waals surface area contributed by atoms with Gasteiger partial charge in [-0.2, -0.15) is 0 Å². The maximum Gasteiger partial charge on any atom is 0.0848 e. The van der Waals surface area contributed by atoms with Crippen molar-refractivity contribution in [3.05, 3.63) is 0 Å². The Morgan fingerprint density at radius 1 is 1.30 bits per heavy atom. The SMILES string of the molecule is CN(C)C=NC1CCCC1. The summed E-state index contributed by atoms with van der Waals surface area (Å²) < 4.78 is 0. The van der Waals surface area contributed by atoms with Gasteiger partial charge in [-0.05, 0) is 12.8 Å². The summed E-state index contributed by atoms with van der Waals surface area (Å²) >= 11 is 0. The van der Waals surface area contributed by atoms with Gasteiger partial charge in [0.25, 0.3) is 0 Å². The third-order valence-corrected chi connectivity index (χ3v) is 1.83. The molecule has 0 aromatic rings. The molecule has 0 spiro atoms. The largest absolute Gasteiger partial charge is 0.369 e. The molecule has 0 amide bonds. The summed E-state index contributed by atoms with van der Waals surface area (Å²) in [7, 11) is 4.02. The van der Waals surface area contributed by atoms with Gasteiger partial charge in [0.15, 0.2) is 0 Å². The zero-order chi connectivity index (χ0) is 7.40. The zero-order valence-corrected chi connectivity index (χ0v) is 6.88. The monoisotopic (exact) mass is 140 g/mol. The van der Waals surface area contributed by atoms with Crippen LogP contribution in [0.1, 0.15) is 25.7 Å². The van der Waals surface area contributed by atoms with E-state index in [2.05, 4.69) is 4.99 Å². The number of hydrogen-bond donors (Lipinski definition) is 0. The maximum atomic E-state index is 4.42. The standard InChI is InChI=1S/C8H16N2/c1-10(2)7-9-8-5-3-4-6-8/h7-8H,3-6H2,1-2H3. The van der Waals surface area contributed by atoms with Crippen molar-refractivity contribution in [2.45, 2.75) is 31.7 Å². The molecule has 0 atom stereocenters. The second kappa shape index (κ2) is 3.59. The predicted octanol–water partition coefficient (Wildman–Crippen LogP) is 1.52. The van der Waals surface area contributed by atoms with Crippen LogP contribution in [0, 0.1) is 0 Å². The van der Waals surface area contributed by atoms with Gasteiger partial charge in [-0.15, -0.1) is 0 Å². The molecule has 1 fully saturated rings. The molecule has 0 aromatic heterocycles. The lowest BCUT2D eigenvalue weighted by Gasteiger charge is -2.05. The molecule has 1 aliphatic carbocycles. The van der Waals surface area contributed by atoms with E-state index in [1.54, 1.807) is 0 Å². The molecule has 58 valence electrons. The van der Waals surface area contributed by atoms with Crippen molar-refractivity contribution in [3.8, 4) is 0 Å². The summed E-state index contributed by atoms with van der Waals surface area (Å²) in [5.41, 5.74) is 0. The van der Waals surface area contributed by atoms with E-state index in [0.717, 1.165) is 0 Å². The number of hydrogen-bond acceptors (Lipinski definition) is 1. The second-order valence-corrected chi connectivity index (χ2v) is 3.17. The van der Waals surface area contributed by atoms with Gasteiger partial charge >= 0.3 is 0 Å². The molecule has 2 heteroatoms. The van der Waals surface area contributed by atoms with E-state index in [9.17, 15) is 0 Å². The molecule has 0 unspecified atom stereocenters. The van der Waals surface area contributed by atoms with E-state index >= 15 is 0 Å². The molecule has 0 bridgehead atoms. The van der Waals surface area contributed by atoms with E-state index in [1.807, 2.05) is 25.3 Å². The molecular weight excluding hydrogens is 124 g/mol. The molecule has 0 radical (unpaired) electrons. The van der Waals surface area contributed by atoms with Crippen LogP contribution in [0.5, 0.6) is 0 Å². The minimum absolute atomic E-state index is 0.627. The van der Waals surface area contributed by atoms with Crippen molar-refractivity contribution in [3.63, 3.8) is 0 Å². The number of aliphatic imine (C=N–C) groups is 1. The molecule has 2 nitrogen and oxygen atoms in total. The molecule has 1 rings (SSSR count). The Bertz CT molecular complexity index is 112. The van der Waals surface area contributed by atoms with E-state index in [-0.39, 0.29) is 0 Å². The molecule has 0 saturated heterocycles. The lowest BCUT2D eigenvalue weighted by Crippen LogP contribution is -2.10. The lowest BCUT2D eigenvalue weighted by atomic mass is 10.3. The second-order valence-electron chi connectivity index (χ2n) is 3.17. The van der Waals surface area contributed by atoms with Crippen molar-refractivity contribution in [1.82, 2.24) is 4.90 Å². The van der Waals surface area contributed by atoms with E-state index < -0.39 is 0 Å². The van der Waals surface area contributed by atoms with E-state index in [0.29, 0.717) is 6.04 Å². The Morgan fingerprint density at radius 2 is 1.90 bits per heavy atom. The van der Waals surface area contributed by atoms with Gasteiger partial charge in [-0.3, -0.25) is 4.99 Å². The van der Waals surface area contributed by atoms with E-state index in [1.165, 1.54) is 25.7 Å². The van der Waals surface area contributed by atoms with Crippen LogP contribution < -0.4 is 0 Å². The van der Waals surface area contributed by atoms with Crippen molar-refractivity contribution in [1.29, 1.82) is 0 Å². The Balaban J connectivity index is 2.23. The van der Waals surface area contributed by atoms with Crippen molar-refractivity contribution >= 4 is 6.34 Å². The van der Waals surface area contributed by atoms with Gasteiger partial charge in [0, 0.05) is 14.1 Å². The summed E-state index contributed by atoms with van der Waals surface area (Å²) in [6.07, 6.45) is 7.26. The third-order valence-electron chi connectivity index (χ3n) is 1.83. The van der Waals surface area contributed by atoms with Crippen molar-refractivity contribution < 1.29 is 0 Å². The molecule has 10 heavy (non-hydrogen) atoms. The Kier molecular flexibility index (Phi) is 2.72. The summed E-state index contributed by atoms with van der Waals surface area (Å²) in [6, 6.07) is 0.627. The maximum absolute atomic E-state index is 4.42. The van der Waals surface area contributed by atoms with Crippen LogP contribution >= 0.6 is 0 Å². The first-order valence-corrected chi connectivity index (χ1v) is 3.99. The summed E-state index contributed by atoms with van der Waals surface area (Å²) in [4.78, 5) is 6.42. The Morgan fingerprint density at radius 3 is 2.40 bits per heavy atom. The molecule has 1 saturated carbocycles. The average Bonchev–Trinajstić information content (AvgIpc) is 2.34. The predicted molar refractivity (Wildman–Crippen MR) is 44.4 cm³/mol. The number of rotatable bonds is 2. The van der Waals surface area contributed by atoms with Gasteiger partial charge in [0.2, 0.25) is 0 Å². The van der Waals surface area contributed by atoms with Gasteiger partial charge in [0.05, 0.1) is 12.4 Å². The van der Waals surface area contributed by atoms with Crippen molar-refractivity contribution in [2.24, 2.45) is 4.99 Å². The highest BCUT2D eigenvalue weighted by atomic mass is 15.1. The molecular formula is C8H16N2. The van der Waals surface area contributed by atoms with Gasteiger partial charge < -0.3 is 4.90 Å². The lowest BCUT2D eigenvalue weighted by molar-refractivity contribution is 0.619. The fraction of sp³-hybridized carbons (Fsp3) is 0.875. The minimum Gasteiger partial charge on any atom is -0.369 e. The first kappa shape index (κ1) is 7.58. The molecule has 0 heterocycles. The first-order valence-electron chi connectivity index (χ1n) is 3.99. The molecule has 0 aromatic carbocycles. The highest BCUT2D eigenvalue weighted by Gasteiger charge is 2.11. The average molecular weight is 140 g/mol. The smallest absolute Gasteiger partial charge is 0.0848 e. The van der Waals surface area contributed by atoms with Crippen LogP contribution in [0.3, 0.4) is 0 Å². The van der Waals surface area contributed by atoms with Gasteiger partial charge in [-0.25, -0.2) is 0 Å². The van der Waals surface area contributed by atoms with E-state index in [4.69, 9.17) is 0 Å². The topological polar surface area (TPSA) is 15.6 Å². The van der Waals surface area contributed by atoms with Crippen LogP contribution in [0.15, 0.2) is 4.99 Å². The van der Waals surface area contributed by atoms with Crippen LogP contribution in [0.25, 0.3) is 0 Å². The highest BCUT2D eigenvalue weighted by molar-refractivity contribution is 5.54. The van der Waals surface area contributed by atoms with Crippen LogP contribution in [0.4, 0.5) is 0 Å². The van der Waals surface area contributed by atoms with Gasteiger partial charge in [0.1, 0.15) is 0 Å². The molecule has 0 aliphatic heterocycles. The fourth-order valence-corrected chi connectivity index (χ4v) is 1.28. The quantitative estimate of drug-likeness (QED) is 0.419. The first-order chi connectivity index (χ1) is 4.79. The third kappa shape index (κ3) is 2.38. The highest BCUT2D eigenvalue weighted by Crippen LogP contribution is 2.20. The van der Waals surface area contributed by atoms with Crippen LogP contribution in [-0.2, 0) is 0 Å². The zero-order valence-electron chi connectivity index (χ0n) is 6.88. The summed E-state index contributed by atoms with van der Waals surface area (Å²) in [6.45, 7) is 0. The summed E-state index contributed by atoms with van der Waals surface area (Å²) in [5, 5.41) is 0. The molecule has 0 N–H and O–H groups in total. The Hall–Kier alpha value is -0.530.